The molecule has 0 saturated carbocycles. The highest BCUT2D eigenvalue weighted by molar-refractivity contribution is 5.70. The van der Waals surface area contributed by atoms with Gasteiger partial charge in [0, 0.05) is 48.5 Å². The Bertz CT molecular complexity index is 1210. The van der Waals surface area contributed by atoms with Crippen LogP contribution in [0.5, 0.6) is 0 Å². The SMILES string of the molecule is Cc1ccc(-[n+]2ccc(-c3cc[n+](-c4ccc(CC(=O)O)cc4)cc3)cc2)cc1.O=C=O. The van der Waals surface area contributed by atoms with Crippen molar-refractivity contribution in [2.24, 2.45) is 0 Å². The first kappa shape index (κ1) is 22.3. The summed E-state index contributed by atoms with van der Waals surface area (Å²) in [6.45, 7) is 2.09. The van der Waals surface area contributed by atoms with Crippen molar-refractivity contribution in [3.63, 3.8) is 0 Å². The zero-order chi connectivity index (χ0) is 22.9. The summed E-state index contributed by atoms with van der Waals surface area (Å²) < 4.78 is 4.12. The summed E-state index contributed by atoms with van der Waals surface area (Å²) in [5.41, 5.74) is 6.47. The Morgan fingerprint density at radius 3 is 1.47 bits per heavy atom. The summed E-state index contributed by atoms with van der Waals surface area (Å²) in [5, 5.41) is 8.88. The lowest BCUT2D eigenvalue weighted by molar-refractivity contribution is -0.596. The van der Waals surface area contributed by atoms with Crippen LogP contribution in [0.2, 0.25) is 0 Å². The summed E-state index contributed by atoms with van der Waals surface area (Å²) in [6.07, 6.45) is 8.47. The molecule has 0 bridgehead atoms. The number of benzene rings is 2. The minimum Gasteiger partial charge on any atom is -0.481 e. The number of aliphatic carboxylic acids is 1. The van der Waals surface area contributed by atoms with E-state index in [0.717, 1.165) is 28.1 Å². The Kier molecular flexibility index (Phi) is 7.36. The van der Waals surface area contributed by atoms with Gasteiger partial charge >= 0.3 is 12.1 Å². The summed E-state index contributed by atoms with van der Waals surface area (Å²) in [7, 11) is 0. The van der Waals surface area contributed by atoms with Gasteiger partial charge in [-0.25, -0.2) is 0 Å². The van der Waals surface area contributed by atoms with Gasteiger partial charge in [0.2, 0.25) is 11.4 Å². The summed E-state index contributed by atoms with van der Waals surface area (Å²) in [4.78, 5) is 27.1. The molecule has 0 unspecified atom stereocenters. The number of aromatic nitrogens is 2. The molecule has 0 spiro atoms. The zero-order valence-electron chi connectivity index (χ0n) is 17.5. The van der Waals surface area contributed by atoms with Gasteiger partial charge in [-0.15, -0.1) is 0 Å². The number of rotatable bonds is 5. The molecule has 0 saturated heterocycles. The van der Waals surface area contributed by atoms with E-state index < -0.39 is 5.97 Å². The number of pyridine rings is 2. The molecule has 0 radical (unpaired) electrons. The molecule has 6 heteroatoms. The second-order valence-electron chi connectivity index (χ2n) is 7.14. The topological polar surface area (TPSA) is 79.2 Å². The fraction of sp³-hybridized carbons (Fsp3) is 0.0769. The van der Waals surface area contributed by atoms with Gasteiger partial charge < -0.3 is 5.11 Å². The number of aryl methyl sites for hydroxylation is 1. The molecule has 0 atom stereocenters. The normalized spacial score (nSPS) is 9.91. The van der Waals surface area contributed by atoms with E-state index in [1.165, 1.54) is 5.56 Å². The van der Waals surface area contributed by atoms with E-state index in [1.807, 2.05) is 41.2 Å². The third-order valence-electron chi connectivity index (χ3n) is 4.91. The van der Waals surface area contributed by atoms with Crippen molar-refractivity contribution in [1.29, 1.82) is 0 Å². The highest BCUT2D eigenvalue weighted by Gasteiger charge is 2.10. The lowest BCUT2D eigenvalue weighted by atomic mass is 10.1. The van der Waals surface area contributed by atoms with E-state index in [1.54, 1.807) is 0 Å². The van der Waals surface area contributed by atoms with Crippen LogP contribution in [-0.2, 0) is 20.8 Å². The van der Waals surface area contributed by atoms with Gasteiger partial charge in [-0.05, 0) is 23.6 Å². The van der Waals surface area contributed by atoms with Gasteiger partial charge in [-0.1, -0.05) is 29.8 Å². The Labute approximate surface area is 185 Å². The fourth-order valence-corrected chi connectivity index (χ4v) is 3.26. The van der Waals surface area contributed by atoms with Crippen molar-refractivity contribution in [3.05, 3.63) is 109 Å². The first-order chi connectivity index (χ1) is 15.5. The number of carbonyl (C=O) groups is 1. The van der Waals surface area contributed by atoms with Crippen LogP contribution < -0.4 is 9.13 Å². The smallest absolute Gasteiger partial charge is 0.373 e. The molecule has 0 aliphatic carbocycles. The molecule has 2 aromatic heterocycles. The van der Waals surface area contributed by atoms with Crippen molar-refractivity contribution in [3.8, 4) is 22.5 Å². The van der Waals surface area contributed by atoms with Crippen LogP contribution in [0.4, 0.5) is 0 Å². The van der Waals surface area contributed by atoms with Gasteiger partial charge in [0.1, 0.15) is 0 Å². The molecule has 2 heterocycles. The van der Waals surface area contributed by atoms with Crippen LogP contribution in [0.25, 0.3) is 22.5 Å². The average molecular weight is 426 g/mol. The molecule has 4 rings (SSSR count). The number of hydrogen-bond donors (Lipinski definition) is 1. The maximum Gasteiger partial charge on any atom is 0.373 e. The third kappa shape index (κ3) is 5.81. The molecular formula is C26H22N2O4+2. The molecule has 0 amide bonds. The second-order valence-corrected chi connectivity index (χ2v) is 7.14. The maximum atomic E-state index is 10.8. The van der Waals surface area contributed by atoms with E-state index >= 15 is 0 Å². The molecule has 4 aromatic rings. The number of hydrogen-bond acceptors (Lipinski definition) is 3. The largest absolute Gasteiger partial charge is 0.481 e. The van der Waals surface area contributed by atoms with E-state index in [2.05, 4.69) is 72.4 Å². The Morgan fingerprint density at radius 2 is 1.09 bits per heavy atom. The summed E-state index contributed by atoms with van der Waals surface area (Å²) in [6, 6.07) is 24.4. The molecule has 2 aromatic carbocycles. The lowest BCUT2D eigenvalue weighted by Gasteiger charge is -2.02. The van der Waals surface area contributed by atoms with Crippen LogP contribution >= 0.6 is 0 Å². The zero-order valence-corrected chi connectivity index (χ0v) is 17.5. The van der Waals surface area contributed by atoms with Crippen molar-refractivity contribution in [2.75, 3.05) is 0 Å². The van der Waals surface area contributed by atoms with Crippen molar-refractivity contribution >= 4 is 12.1 Å². The predicted molar refractivity (Wildman–Crippen MR) is 116 cm³/mol. The summed E-state index contributed by atoms with van der Waals surface area (Å²) in [5.74, 6) is -0.818. The molecule has 6 nitrogen and oxygen atoms in total. The van der Waals surface area contributed by atoms with Crippen LogP contribution in [-0.4, -0.2) is 17.2 Å². The van der Waals surface area contributed by atoms with Crippen molar-refractivity contribution in [2.45, 2.75) is 13.3 Å². The average Bonchev–Trinajstić information content (AvgIpc) is 2.81. The molecule has 0 aliphatic rings. The van der Waals surface area contributed by atoms with E-state index in [9.17, 15) is 4.79 Å². The van der Waals surface area contributed by atoms with E-state index in [-0.39, 0.29) is 12.6 Å². The summed E-state index contributed by atoms with van der Waals surface area (Å²) >= 11 is 0. The van der Waals surface area contributed by atoms with Gasteiger partial charge in [-0.3, -0.25) is 4.79 Å². The molecule has 158 valence electrons. The van der Waals surface area contributed by atoms with Gasteiger partial charge in [-0.2, -0.15) is 18.7 Å². The van der Waals surface area contributed by atoms with Crippen LogP contribution in [0.15, 0.2) is 97.6 Å². The van der Waals surface area contributed by atoms with Crippen LogP contribution in [0, 0.1) is 6.92 Å². The molecular weight excluding hydrogens is 404 g/mol. The first-order valence-corrected chi connectivity index (χ1v) is 9.90. The number of carbonyl (C=O) groups excluding carboxylic acids is 2. The van der Waals surface area contributed by atoms with E-state index in [4.69, 9.17) is 14.7 Å². The lowest BCUT2D eigenvalue weighted by Crippen LogP contribution is -2.29. The quantitative estimate of drug-likeness (QED) is 0.497. The Balaban J connectivity index is 0.000000913. The van der Waals surface area contributed by atoms with Gasteiger partial charge in [0.05, 0.1) is 6.42 Å². The maximum absolute atomic E-state index is 10.8. The molecule has 0 aliphatic heterocycles. The standard InChI is InChI=1S/C25H21N2O2.CO2/c1-19-2-6-23(7-3-19)26-14-10-21(11-15-26)22-12-16-27(17-13-22)24-8-4-20(5-9-24)18-25(28)29;2-1-3/h2-17H,18H2,1H3;/q+1;/p+1. The van der Waals surface area contributed by atoms with Crippen molar-refractivity contribution in [1.82, 2.24) is 0 Å². The monoisotopic (exact) mass is 426 g/mol. The van der Waals surface area contributed by atoms with Crippen molar-refractivity contribution < 1.29 is 28.6 Å². The van der Waals surface area contributed by atoms with Gasteiger partial charge in [0.15, 0.2) is 24.8 Å². The first-order valence-electron chi connectivity index (χ1n) is 9.90. The molecule has 32 heavy (non-hydrogen) atoms. The number of carboxylic acids is 1. The van der Waals surface area contributed by atoms with E-state index in [0.29, 0.717) is 0 Å². The van der Waals surface area contributed by atoms with Crippen LogP contribution in [0.3, 0.4) is 0 Å². The highest BCUT2D eigenvalue weighted by Crippen LogP contribution is 2.17. The number of carboxylic acid groups (broad SMARTS) is 1. The highest BCUT2D eigenvalue weighted by atomic mass is 16.4. The Morgan fingerprint density at radius 1 is 0.719 bits per heavy atom. The fourth-order valence-electron chi connectivity index (χ4n) is 3.26. The third-order valence-corrected chi connectivity index (χ3v) is 4.91. The number of nitrogens with zero attached hydrogens (tertiary/aromatic N) is 2. The minimum atomic E-state index is -0.818. The predicted octanol–water partition coefficient (Wildman–Crippen LogP) is 3.26. The minimum absolute atomic E-state index is 0.0421. The van der Waals surface area contributed by atoms with Gasteiger partial charge in [0.25, 0.3) is 0 Å². The Hall–Kier alpha value is -4.41. The van der Waals surface area contributed by atoms with Crippen LogP contribution in [0.1, 0.15) is 11.1 Å². The second kappa shape index (κ2) is 10.6. The molecule has 0 fully saturated rings. The molecule has 1 N–H and O–H groups in total.